The van der Waals surface area contributed by atoms with Crippen molar-refractivity contribution < 1.29 is 14.3 Å². The van der Waals surface area contributed by atoms with Gasteiger partial charge in [0.1, 0.15) is 5.82 Å². The molecule has 0 fully saturated rings. The maximum absolute atomic E-state index is 13.7. The first-order chi connectivity index (χ1) is 9.97. The van der Waals surface area contributed by atoms with Crippen LogP contribution in [0.1, 0.15) is 40.0 Å². The number of carboxylic acids is 1. The molecule has 0 amide bonds. The molecule has 4 heteroatoms. The third kappa shape index (κ3) is 3.89. The average Bonchev–Trinajstić information content (AvgIpc) is 2.46. The zero-order chi connectivity index (χ0) is 15.4. The molecule has 2 aromatic carbocycles. The lowest BCUT2D eigenvalue weighted by Gasteiger charge is -2.15. The minimum atomic E-state index is -1.05. The summed E-state index contributed by atoms with van der Waals surface area (Å²) in [5.74, 6) is -1.45. The fourth-order valence-corrected chi connectivity index (χ4v) is 2.08. The van der Waals surface area contributed by atoms with Gasteiger partial charge < -0.3 is 10.4 Å². The Hall–Kier alpha value is -2.20. The Kier molecular flexibility index (Phi) is 4.70. The van der Waals surface area contributed by atoms with Crippen molar-refractivity contribution in [2.24, 2.45) is 0 Å². The van der Waals surface area contributed by atoms with Crippen LogP contribution in [0.2, 0.25) is 0 Å². The van der Waals surface area contributed by atoms with E-state index in [1.807, 2.05) is 38.1 Å². The first-order valence-corrected chi connectivity index (χ1v) is 6.79. The molecule has 2 rings (SSSR count). The number of halogens is 1. The molecule has 2 N–H and O–H groups in total. The Morgan fingerprint density at radius 2 is 1.90 bits per heavy atom. The SMILES string of the molecule is Cc1ccc(C(C)NCc2cc(C(=O)O)ccc2F)cc1. The molecule has 0 aliphatic heterocycles. The average molecular weight is 287 g/mol. The Morgan fingerprint density at radius 1 is 1.24 bits per heavy atom. The number of aryl methyl sites for hydroxylation is 1. The first kappa shape index (κ1) is 15.2. The van der Waals surface area contributed by atoms with Gasteiger partial charge in [0.05, 0.1) is 5.56 Å². The van der Waals surface area contributed by atoms with Gasteiger partial charge >= 0.3 is 5.97 Å². The highest BCUT2D eigenvalue weighted by Gasteiger charge is 2.10. The second kappa shape index (κ2) is 6.50. The van der Waals surface area contributed by atoms with Crippen LogP contribution in [0.4, 0.5) is 4.39 Å². The van der Waals surface area contributed by atoms with E-state index in [0.717, 1.165) is 5.56 Å². The molecule has 0 aromatic heterocycles. The Labute approximate surface area is 123 Å². The summed E-state index contributed by atoms with van der Waals surface area (Å²) < 4.78 is 13.7. The summed E-state index contributed by atoms with van der Waals surface area (Å²) in [6.07, 6.45) is 0. The highest BCUT2D eigenvalue weighted by atomic mass is 19.1. The first-order valence-electron chi connectivity index (χ1n) is 6.79. The number of nitrogens with one attached hydrogen (secondary N) is 1. The molecular weight excluding hydrogens is 269 g/mol. The summed E-state index contributed by atoms with van der Waals surface area (Å²) >= 11 is 0. The summed E-state index contributed by atoms with van der Waals surface area (Å²) in [6, 6.07) is 12.0. The summed E-state index contributed by atoms with van der Waals surface area (Å²) in [7, 11) is 0. The van der Waals surface area contributed by atoms with Crippen LogP contribution in [0, 0.1) is 12.7 Å². The number of aromatic carboxylic acids is 1. The van der Waals surface area contributed by atoms with E-state index in [4.69, 9.17) is 5.11 Å². The van der Waals surface area contributed by atoms with Crippen LogP contribution in [-0.2, 0) is 6.54 Å². The van der Waals surface area contributed by atoms with Gasteiger partial charge in [-0.15, -0.1) is 0 Å². The van der Waals surface area contributed by atoms with Crippen molar-refractivity contribution in [3.05, 3.63) is 70.5 Å². The number of carboxylic acid groups (broad SMARTS) is 1. The van der Waals surface area contributed by atoms with E-state index in [-0.39, 0.29) is 18.2 Å². The van der Waals surface area contributed by atoms with Crippen LogP contribution in [0.15, 0.2) is 42.5 Å². The molecule has 0 radical (unpaired) electrons. The van der Waals surface area contributed by atoms with Gasteiger partial charge in [0.2, 0.25) is 0 Å². The summed E-state index contributed by atoms with van der Waals surface area (Å²) in [5, 5.41) is 12.1. The highest BCUT2D eigenvalue weighted by Crippen LogP contribution is 2.16. The van der Waals surface area contributed by atoms with Crippen molar-refractivity contribution in [2.45, 2.75) is 26.4 Å². The maximum Gasteiger partial charge on any atom is 0.335 e. The number of carbonyl (C=O) groups is 1. The summed E-state index contributed by atoms with van der Waals surface area (Å²) in [5.41, 5.74) is 2.74. The predicted molar refractivity (Wildman–Crippen MR) is 79.8 cm³/mol. The Balaban J connectivity index is 2.07. The summed E-state index contributed by atoms with van der Waals surface area (Å²) in [6.45, 7) is 4.29. The standard InChI is InChI=1S/C17H18FNO2/c1-11-3-5-13(6-4-11)12(2)19-10-15-9-14(17(20)21)7-8-16(15)18/h3-9,12,19H,10H2,1-2H3,(H,20,21). The lowest BCUT2D eigenvalue weighted by molar-refractivity contribution is 0.0696. The monoisotopic (exact) mass is 287 g/mol. The lowest BCUT2D eigenvalue weighted by atomic mass is 10.1. The molecule has 0 saturated heterocycles. The Morgan fingerprint density at radius 3 is 2.52 bits per heavy atom. The zero-order valence-electron chi connectivity index (χ0n) is 12.1. The van der Waals surface area contributed by atoms with Gasteiger partial charge in [-0.1, -0.05) is 29.8 Å². The maximum atomic E-state index is 13.7. The van der Waals surface area contributed by atoms with Crippen LogP contribution >= 0.6 is 0 Å². The van der Waals surface area contributed by atoms with Gasteiger partial charge in [0.15, 0.2) is 0 Å². The molecule has 0 aliphatic rings. The van der Waals surface area contributed by atoms with Gasteiger partial charge in [-0.25, -0.2) is 9.18 Å². The van der Waals surface area contributed by atoms with Gasteiger partial charge in [0, 0.05) is 18.2 Å². The fraction of sp³-hybridized carbons (Fsp3) is 0.235. The van der Waals surface area contributed by atoms with Crippen molar-refractivity contribution in [3.63, 3.8) is 0 Å². The van der Waals surface area contributed by atoms with Crippen LogP contribution < -0.4 is 5.32 Å². The third-order valence-electron chi connectivity index (χ3n) is 3.47. The van der Waals surface area contributed by atoms with Gasteiger partial charge in [-0.2, -0.15) is 0 Å². The third-order valence-corrected chi connectivity index (χ3v) is 3.47. The van der Waals surface area contributed by atoms with E-state index in [1.165, 1.54) is 23.8 Å². The normalized spacial score (nSPS) is 12.1. The van der Waals surface area contributed by atoms with E-state index >= 15 is 0 Å². The van der Waals surface area contributed by atoms with Crippen molar-refractivity contribution in [3.8, 4) is 0 Å². The molecule has 110 valence electrons. The number of benzene rings is 2. The second-order valence-corrected chi connectivity index (χ2v) is 5.12. The van der Waals surface area contributed by atoms with E-state index in [9.17, 15) is 9.18 Å². The fourth-order valence-electron chi connectivity index (χ4n) is 2.08. The molecule has 1 atom stereocenters. The van der Waals surface area contributed by atoms with E-state index in [1.54, 1.807) is 0 Å². The van der Waals surface area contributed by atoms with Crippen molar-refractivity contribution >= 4 is 5.97 Å². The van der Waals surface area contributed by atoms with Crippen LogP contribution in [0.25, 0.3) is 0 Å². The molecular formula is C17H18FNO2. The number of rotatable bonds is 5. The largest absolute Gasteiger partial charge is 0.478 e. The van der Waals surface area contributed by atoms with Gasteiger partial charge in [-0.3, -0.25) is 0 Å². The zero-order valence-corrected chi connectivity index (χ0v) is 12.1. The minimum absolute atomic E-state index is 0.0542. The van der Waals surface area contributed by atoms with Gasteiger partial charge in [0.25, 0.3) is 0 Å². The molecule has 21 heavy (non-hydrogen) atoms. The second-order valence-electron chi connectivity index (χ2n) is 5.12. The van der Waals surface area contributed by atoms with Crippen LogP contribution in [-0.4, -0.2) is 11.1 Å². The lowest BCUT2D eigenvalue weighted by Crippen LogP contribution is -2.19. The molecule has 0 heterocycles. The Bertz CT molecular complexity index is 638. The van der Waals surface area contributed by atoms with Gasteiger partial charge in [-0.05, 0) is 37.6 Å². The van der Waals surface area contributed by atoms with Crippen molar-refractivity contribution in [2.75, 3.05) is 0 Å². The molecule has 0 saturated carbocycles. The highest BCUT2D eigenvalue weighted by molar-refractivity contribution is 5.87. The van der Waals surface area contributed by atoms with E-state index in [2.05, 4.69) is 5.32 Å². The smallest absolute Gasteiger partial charge is 0.335 e. The molecule has 0 aliphatic carbocycles. The van der Waals surface area contributed by atoms with E-state index in [0.29, 0.717) is 5.56 Å². The number of hydrogen-bond donors (Lipinski definition) is 2. The topological polar surface area (TPSA) is 49.3 Å². The minimum Gasteiger partial charge on any atom is -0.478 e. The molecule has 0 bridgehead atoms. The van der Waals surface area contributed by atoms with Crippen molar-refractivity contribution in [1.82, 2.24) is 5.32 Å². The van der Waals surface area contributed by atoms with Crippen LogP contribution in [0.3, 0.4) is 0 Å². The predicted octanol–water partition coefficient (Wildman–Crippen LogP) is 3.68. The molecule has 0 spiro atoms. The van der Waals surface area contributed by atoms with Crippen molar-refractivity contribution in [1.29, 1.82) is 0 Å². The quantitative estimate of drug-likeness (QED) is 0.882. The summed E-state index contributed by atoms with van der Waals surface area (Å²) in [4.78, 5) is 10.9. The molecule has 3 nitrogen and oxygen atoms in total. The van der Waals surface area contributed by atoms with Crippen LogP contribution in [0.5, 0.6) is 0 Å². The number of hydrogen-bond acceptors (Lipinski definition) is 2. The molecule has 2 aromatic rings. The van der Waals surface area contributed by atoms with E-state index < -0.39 is 11.8 Å². The molecule has 1 unspecified atom stereocenters.